The lowest BCUT2D eigenvalue weighted by Crippen LogP contribution is -2.10. The first-order chi connectivity index (χ1) is 12.3. The van der Waals surface area contributed by atoms with Crippen molar-refractivity contribution < 1.29 is 0 Å². The maximum Gasteiger partial charge on any atom is 0.223 e. The zero-order valence-corrected chi connectivity index (χ0v) is 16.2. The lowest BCUT2D eigenvalue weighted by molar-refractivity contribution is 0.439. The van der Waals surface area contributed by atoms with Crippen molar-refractivity contribution in [1.82, 2.24) is 9.97 Å². The molecule has 0 amide bonds. The first kappa shape index (κ1) is 18.2. The molecule has 136 valence electrons. The average Bonchev–Trinajstić information content (AvgIpc) is 2.67. The van der Waals surface area contributed by atoms with Crippen LogP contribution < -0.4 is 5.32 Å². The molecule has 0 aliphatic heterocycles. The van der Waals surface area contributed by atoms with Gasteiger partial charge in [-0.2, -0.15) is 0 Å². The zero-order valence-electron chi connectivity index (χ0n) is 16.2. The van der Waals surface area contributed by atoms with Gasteiger partial charge in [-0.15, -0.1) is 0 Å². The summed E-state index contributed by atoms with van der Waals surface area (Å²) in [6.45, 7) is 4.54. The van der Waals surface area contributed by atoms with Gasteiger partial charge < -0.3 is 5.32 Å². The van der Waals surface area contributed by atoms with E-state index >= 15 is 0 Å². The predicted octanol–water partition coefficient (Wildman–Crippen LogP) is 6.01. The number of anilines is 1. The van der Waals surface area contributed by atoms with Crippen LogP contribution in [0.5, 0.6) is 0 Å². The molecule has 0 saturated heterocycles. The Morgan fingerprint density at radius 1 is 1.00 bits per heavy atom. The monoisotopic (exact) mass is 339 g/mol. The van der Waals surface area contributed by atoms with Crippen molar-refractivity contribution in [3.8, 4) is 0 Å². The molecular formula is C22H33N3. The van der Waals surface area contributed by atoms with Crippen LogP contribution in [-0.4, -0.2) is 17.0 Å². The fourth-order valence-corrected chi connectivity index (χ4v) is 4.21. The van der Waals surface area contributed by atoms with E-state index in [1.165, 1.54) is 80.0 Å². The summed E-state index contributed by atoms with van der Waals surface area (Å²) in [6.07, 6.45) is 12.7. The van der Waals surface area contributed by atoms with Crippen molar-refractivity contribution in [3.63, 3.8) is 0 Å². The smallest absolute Gasteiger partial charge is 0.223 e. The van der Waals surface area contributed by atoms with Gasteiger partial charge in [0.15, 0.2) is 0 Å². The number of nitrogens with one attached hydrogen (secondary N) is 1. The van der Waals surface area contributed by atoms with Gasteiger partial charge in [0.2, 0.25) is 5.95 Å². The Hall–Kier alpha value is -1.64. The molecule has 0 bridgehead atoms. The van der Waals surface area contributed by atoms with Gasteiger partial charge in [0, 0.05) is 18.4 Å². The molecule has 0 radical (unpaired) electrons. The Labute approximate surface area is 152 Å². The Morgan fingerprint density at radius 2 is 1.80 bits per heavy atom. The number of rotatable bonds is 7. The highest BCUT2D eigenvalue weighted by Crippen LogP contribution is 2.36. The summed E-state index contributed by atoms with van der Waals surface area (Å²) in [5.41, 5.74) is 5.38. The second-order valence-electron chi connectivity index (χ2n) is 7.47. The van der Waals surface area contributed by atoms with Crippen LogP contribution in [0.1, 0.15) is 88.0 Å². The maximum atomic E-state index is 4.90. The molecule has 3 nitrogen and oxygen atoms in total. The summed E-state index contributed by atoms with van der Waals surface area (Å²) in [4.78, 5) is 9.69. The van der Waals surface area contributed by atoms with Crippen molar-refractivity contribution in [2.45, 2.75) is 84.0 Å². The number of unbranched alkanes of at least 4 members (excludes halogenated alkanes) is 2. The van der Waals surface area contributed by atoms with E-state index in [2.05, 4.69) is 31.3 Å². The molecule has 25 heavy (non-hydrogen) atoms. The van der Waals surface area contributed by atoms with E-state index in [4.69, 9.17) is 9.97 Å². The molecule has 1 heterocycles. The highest BCUT2D eigenvalue weighted by molar-refractivity contribution is 5.84. The Kier molecular flexibility index (Phi) is 6.28. The first-order valence-corrected chi connectivity index (χ1v) is 10.3. The van der Waals surface area contributed by atoms with Crippen molar-refractivity contribution in [2.24, 2.45) is 0 Å². The van der Waals surface area contributed by atoms with Crippen molar-refractivity contribution in [2.75, 3.05) is 12.4 Å². The number of hydrogen-bond donors (Lipinski definition) is 1. The largest absolute Gasteiger partial charge is 0.357 e. The zero-order chi connectivity index (χ0) is 17.6. The lowest BCUT2D eigenvalue weighted by Gasteiger charge is -2.23. The molecule has 2 aromatic rings. The normalized spacial score (nSPS) is 15.6. The van der Waals surface area contributed by atoms with Crippen LogP contribution >= 0.6 is 0 Å². The summed E-state index contributed by atoms with van der Waals surface area (Å²) < 4.78 is 0. The standard InChI is InChI=1S/C22H33N3/c1-4-6-8-13-18-15-20-19(14-16(18)5-2)21(25-22(23-3)24-20)17-11-9-7-10-12-17/h14-15,17H,4-13H2,1-3H3,(H,23,24,25). The number of nitrogens with zero attached hydrogens (tertiary/aromatic N) is 2. The lowest BCUT2D eigenvalue weighted by atomic mass is 9.84. The second-order valence-corrected chi connectivity index (χ2v) is 7.47. The van der Waals surface area contributed by atoms with Gasteiger partial charge in [-0.1, -0.05) is 46.0 Å². The Morgan fingerprint density at radius 3 is 2.48 bits per heavy atom. The van der Waals surface area contributed by atoms with E-state index in [1.807, 2.05) is 7.05 Å². The van der Waals surface area contributed by atoms with Crippen LogP contribution in [0.2, 0.25) is 0 Å². The molecule has 3 rings (SSSR count). The maximum absolute atomic E-state index is 4.90. The minimum Gasteiger partial charge on any atom is -0.357 e. The van der Waals surface area contributed by atoms with E-state index in [-0.39, 0.29) is 0 Å². The molecule has 1 N–H and O–H groups in total. The topological polar surface area (TPSA) is 37.8 Å². The first-order valence-electron chi connectivity index (χ1n) is 10.3. The molecule has 0 atom stereocenters. The second kappa shape index (κ2) is 8.64. The third kappa shape index (κ3) is 4.13. The van der Waals surface area contributed by atoms with Crippen LogP contribution in [0, 0.1) is 0 Å². The molecule has 1 aromatic carbocycles. The summed E-state index contributed by atoms with van der Waals surface area (Å²) in [6, 6.07) is 4.75. The van der Waals surface area contributed by atoms with Crippen molar-refractivity contribution in [3.05, 3.63) is 29.0 Å². The molecule has 1 fully saturated rings. The molecule has 1 saturated carbocycles. The molecule has 1 aliphatic carbocycles. The van der Waals surface area contributed by atoms with Crippen LogP contribution in [0.3, 0.4) is 0 Å². The van der Waals surface area contributed by atoms with Gasteiger partial charge in [0.25, 0.3) is 0 Å². The van der Waals surface area contributed by atoms with E-state index in [1.54, 1.807) is 0 Å². The van der Waals surface area contributed by atoms with Crippen LogP contribution in [0.4, 0.5) is 5.95 Å². The fraction of sp³-hybridized carbons (Fsp3) is 0.636. The fourth-order valence-electron chi connectivity index (χ4n) is 4.21. The summed E-state index contributed by atoms with van der Waals surface area (Å²) >= 11 is 0. The predicted molar refractivity (Wildman–Crippen MR) is 108 cm³/mol. The Balaban J connectivity index is 2.05. The molecular weight excluding hydrogens is 306 g/mol. The number of aryl methyl sites for hydroxylation is 2. The number of hydrogen-bond acceptors (Lipinski definition) is 3. The highest BCUT2D eigenvalue weighted by atomic mass is 15.1. The van der Waals surface area contributed by atoms with Gasteiger partial charge >= 0.3 is 0 Å². The van der Waals surface area contributed by atoms with Gasteiger partial charge in [0.05, 0.1) is 11.2 Å². The minimum atomic E-state index is 0.599. The molecule has 0 unspecified atom stereocenters. The summed E-state index contributed by atoms with van der Waals surface area (Å²) in [5, 5.41) is 4.47. The highest BCUT2D eigenvalue weighted by Gasteiger charge is 2.21. The van der Waals surface area contributed by atoms with Gasteiger partial charge in [-0.3, -0.25) is 0 Å². The van der Waals surface area contributed by atoms with E-state index in [0.717, 1.165) is 17.9 Å². The third-order valence-electron chi connectivity index (χ3n) is 5.69. The quantitative estimate of drug-likeness (QED) is 0.627. The average molecular weight is 340 g/mol. The molecule has 3 heteroatoms. The van der Waals surface area contributed by atoms with Gasteiger partial charge in [-0.05, 0) is 55.4 Å². The summed E-state index contributed by atoms with van der Waals surface area (Å²) in [7, 11) is 1.92. The molecule has 1 aliphatic rings. The SMILES string of the molecule is CCCCCc1cc2nc(NC)nc(C3CCCCC3)c2cc1CC. The van der Waals surface area contributed by atoms with Crippen LogP contribution in [-0.2, 0) is 12.8 Å². The van der Waals surface area contributed by atoms with E-state index in [9.17, 15) is 0 Å². The molecule has 1 aromatic heterocycles. The van der Waals surface area contributed by atoms with Crippen LogP contribution in [0.15, 0.2) is 12.1 Å². The van der Waals surface area contributed by atoms with E-state index in [0.29, 0.717) is 5.92 Å². The van der Waals surface area contributed by atoms with Crippen molar-refractivity contribution in [1.29, 1.82) is 0 Å². The summed E-state index contributed by atoms with van der Waals surface area (Å²) in [5.74, 6) is 1.37. The van der Waals surface area contributed by atoms with Gasteiger partial charge in [0.1, 0.15) is 0 Å². The van der Waals surface area contributed by atoms with E-state index < -0.39 is 0 Å². The van der Waals surface area contributed by atoms with Crippen LogP contribution in [0.25, 0.3) is 10.9 Å². The number of benzene rings is 1. The number of aromatic nitrogens is 2. The minimum absolute atomic E-state index is 0.599. The Bertz CT molecular complexity index is 702. The number of fused-ring (bicyclic) bond motifs is 1. The van der Waals surface area contributed by atoms with Crippen molar-refractivity contribution >= 4 is 16.9 Å². The van der Waals surface area contributed by atoms with Gasteiger partial charge in [-0.25, -0.2) is 9.97 Å². The molecule has 0 spiro atoms. The third-order valence-corrected chi connectivity index (χ3v) is 5.69.